The largest absolute Gasteiger partial charge is 0.435 e. The molecular formula is C13H17F2NO3. The molecule has 19 heavy (non-hydrogen) atoms. The van der Waals surface area contributed by atoms with Gasteiger partial charge in [-0.3, -0.25) is 4.79 Å². The highest BCUT2D eigenvalue weighted by Gasteiger charge is 2.10. The minimum atomic E-state index is -2.86. The second-order valence-corrected chi connectivity index (χ2v) is 4.05. The highest BCUT2D eigenvalue weighted by Crippen LogP contribution is 2.15. The number of ether oxygens (including phenoxy) is 1. The molecule has 0 aromatic heterocycles. The number of aliphatic hydroxyl groups excluding tert-OH is 1. The van der Waals surface area contributed by atoms with E-state index in [0.717, 1.165) is 0 Å². The van der Waals surface area contributed by atoms with Crippen LogP contribution in [-0.2, 0) is 11.2 Å². The molecule has 1 amide bonds. The average Bonchev–Trinajstić information content (AvgIpc) is 2.37. The van der Waals surface area contributed by atoms with Crippen LogP contribution >= 0.6 is 0 Å². The lowest BCUT2D eigenvalue weighted by Gasteiger charge is -2.14. The van der Waals surface area contributed by atoms with E-state index >= 15 is 0 Å². The van der Waals surface area contributed by atoms with Crippen LogP contribution in [0.3, 0.4) is 0 Å². The van der Waals surface area contributed by atoms with Gasteiger partial charge in [0.2, 0.25) is 5.91 Å². The maximum absolute atomic E-state index is 11.9. The molecule has 0 saturated heterocycles. The van der Waals surface area contributed by atoms with Gasteiger partial charge in [0.25, 0.3) is 0 Å². The van der Waals surface area contributed by atoms with Crippen LogP contribution < -0.4 is 10.1 Å². The first-order valence-electron chi connectivity index (χ1n) is 5.99. The number of amides is 1. The molecule has 2 N–H and O–H groups in total. The number of benzene rings is 1. The minimum Gasteiger partial charge on any atom is -0.435 e. The molecule has 1 aromatic carbocycles. The zero-order valence-corrected chi connectivity index (χ0v) is 10.6. The summed E-state index contributed by atoms with van der Waals surface area (Å²) < 4.78 is 28.1. The van der Waals surface area contributed by atoms with Crippen LogP contribution in [0.5, 0.6) is 5.75 Å². The zero-order valence-electron chi connectivity index (χ0n) is 10.6. The molecule has 0 heterocycles. The van der Waals surface area contributed by atoms with E-state index in [2.05, 4.69) is 10.1 Å². The number of nitrogens with one attached hydrogen (secondary N) is 1. The summed E-state index contributed by atoms with van der Waals surface area (Å²) >= 11 is 0. The molecule has 0 bridgehead atoms. The highest BCUT2D eigenvalue weighted by atomic mass is 19.3. The third kappa shape index (κ3) is 5.65. The topological polar surface area (TPSA) is 58.6 Å². The number of halogens is 2. The predicted molar refractivity (Wildman–Crippen MR) is 66.1 cm³/mol. The summed E-state index contributed by atoms with van der Waals surface area (Å²) in [7, 11) is 0. The molecule has 0 unspecified atom stereocenters. The summed E-state index contributed by atoms with van der Waals surface area (Å²) in [5.74, 6) is -0.163. The van der Waals surface area contributed by atoms with Crippen molar-refractivity contribution in [3.05, 3.63) is 29.8 Å². The van der Waals surface area contributed by atoms with Crippen LogP contribution in [0.4, 0.5) is 8.78 Å². The Morgan fingerprint density at radius 1 is 1.37 bits per heavy atom. The molecule has 4 nitrogen and oxygen atoms in total. The molecule has 1 aromatic rings. The number of rotatable bonds is 7. The van der Waals surface area contributed by atoms with Crippen molar-refractivity contribution in [3.63, 3.8) is 0 Å². The third-order valence-electron chi connectivity index (χ3n) is 2.59. The molecule has 1 rings (SSSR count). The van der Waals surface area contributed by atoms with Gasteiger partial charge in [0, 0.05) is 0 Å². The van der Waals surface area contributed by atoms with Crippen molar-refractivity contribution in [1.82, 2.24) is 5.32 Å². The fourth-order valence-corrected chi connectivity index (χ4v) is 1.53. The molecule has 0 radical (unpaired) electrons. The zero-order chi connectivity index (χ0) is 14.3. The molecule has 0 aliphatic carbocycles. The van der Waals surface area contributed by atoms with Gasteiger partial charge in [0.05, 0.1) is 19.1 Å². The molecule has 0 saturated carbocycles. The number of alkyl halides is 2. The Labute approximate surface area is 110 Å². The monoisotopic (exact) mass is 273 g/mol. The van der Waals surface area contributed by atoms with Gasteiger partial charge in [-0.2, -0.15) is 8.78 Å². The molecule has 1 atom stereocenters. The van der Waals surface area contributed by atoms with E-state index in [1.165, 1.54) is 12.1 Å². The van der Waals surface area contributed by atoms with E-state index in [4.69, 9.17) is 5.11 Å². The van der Waals surface area contributed by atoms with Gasteiger partial charge in [0.15, 0.2) is 0 Å². The Morgan fingerprint density at radius 2 is 2.00 bits per heavy atom. The van der Waals surface area contributed by atoms with Gasteiger partial charge < -0.3 is 15.2 Å². The summed E-state index contributed by atoms with van der Waals surface area (Å²) in [5, 5.41) is 11.6. The second kappa shape index (κ2) is 7.68. The molecular weight excluding hydrogens is 256 g/mol. The maximum Gasteiger partial charge on any atom is 0.387 e. The first kappa shape index (κ1) is 15.4. The van der Waals surface area contributed by atoms with Gasteiger partial charge in [-0.05, 0) is 24.1 Å². The van der Waals surface area contributed by atoms with Crippen molar-refractivity contribution in [3.8, 4) is 5.75 Å². The number of carbonyl (C=O) groups is 1. The average molecular weight is 273 g/mol. The first-order chi connectivity index (χ1) is 9.05. The van der Waals surface area contributed by atoms with E-state index in [-0.39, 0.29) is 30.7 Å². The van der Waals surface area contributed by atoms with Crippen LogP contribution in [0.1, 0.15) is 18.9 Å². The lowest BCUT2D eigenvalue weighted by atomic mass is 10.1. The molecule has 0 aliphatic rings. The number of hydrogen-bond donors (Lipinski definition) is 2. The van der Waals surface area contributed by atoms with Gasteiger partial charge in [-0.1, -0.05) is 19.1 Å². The third-order valence-corrected chi connectivity index (χ3v) is 2.59. The van der Waals surface area contributed by atoms with E-state index in [9.17, 15) is 13.6 Å². The number of aliphatic hydroxyl groups is 1. The van der Waals surface area contributed by atoms with Crippen molar-refractivity contribution < 1.29 is 23.4 Å². The Morgan fingerprint density at radius 3 is 2.47 bits per heavy atom. The van der Waals surface area contributed by atoms with E-state index in [1.807, 2.05) is 6.92 Å². The van der Waals surface area contributed by atoms with Gasteiger partial charge in [-0.25, -0.2) is 0 Å². The van der Waals surface area contributed by atoms with Crippen molar-refractivity contribution in [1.29, 1.82) is 0 Å². The van der Waals surface area contributed by atoms with Crippen LogP contribution in [0.2, 0.25) is 0 Å². The summed E-state index contributed by atoms with van der Waals surface area (Å²) in [6.07, 6.45) is 0.773. The Bertz CT molecular complexity index is 391. The van der Waals surface area contributed by atoms with Crippen LogP contribution in [-0.4, -0.2) is 30.3 Å². The molecule has 0 spiro atoms. The summed E-state index contributed by atoms with van der Waals surface area (Å²) in [5.41, 5.74) is 0.687. The second-order valence-electron chi connectivity index (χ2n) is 4.05. The standard InChI is InChI=1S/C13H17F2NO3/c1-2-10(8-17)16-12(18)7-9-3-5-11(6-4-9)19-13(14)15/h3-6,10,13,17H,2,7-8H2,1H3,(H,16,18)/t10-/m0/s1. The summed E-state index contributed by atoms with van der Waals surface area (Å²) in [6, 6.07) is 5.62. The van der Waals surface area contributed by atoms with Gasteiger partial charge in [-0.15, -0.1) is 0 Å². The van der Waals surface area contributed by atoms with Crippen LogP contribution in [0.15, 0.2) is 24.3 Å². The van der Waals surface area contributed by atoms with Crippen LogP contribution in [0, 0.1) is 0 Å². The Balaban J connectivity index is 2.50. The summed E-state index contributed by atoms with van der Waals surface area (Å²) in [4.78, 5) is 11.6. The van der Waals surface area contributed by atoms with E-state index in [0.29, 0.717) is 12.0 Å². The SMILES string of the molecule is CC[C@@H](CO)NC(=O)Cc1ccc(OC(F)F)cc1. The minimum absolute atomic E-state index is 0.0564. The fourth-order valence-electron chi connectivity index (χ4n) is 1.53. The molecule has 0 fully saturated rings. The quantitative estimate of drug-likeness (QED) is 0.795. The molecule has 106 valence electrons. The van der Waals surface area contributed by atoms with Crippen molar-refractivity contribution >= 4 is 5.91 Å². The predicted octanol–water partition coefficient (Wildman–Crippen LogP) is 1.72. The lowest BCUT2D eigenvalue weighted by molar-refractivity contribution is -0.121. The normalized spacial score (nSPS) is 12.3. The Kier molecular flexibility index (Phi) is 6.21. The Hall–Kier alpha value is -1.69. The molecule has 6 heteroatoms. The van der Waals surface area contributed by atoms with Gasteiger partial charge >= 0.3 is 6.61 Å². The lowest BCUT2D eigenvalue weighted by Crippen LogP contribution is -2.37. The smallest absolute Gasteiger partial charge is 0.387 e. The number of hydrogen-bond acceptors (Lipinski definition) is 3. The maximum atomic E-state index is 11.9. The molecule has 0 aliphatic heterocycles. The van der Waals surface area contributed by atoms with Crippen molar-refractivity contribution in [2.24, 2.45) is 0 Å². The first-order valence-corrected chi connectivity index (χ1v) is 5.99. The van der Waals surface area contributed by atoms with Gasteiger partial charge in [0.1, 0.15) is 5.75 Å². The van der Waals surface area contributed by atoms with Crippen molar-refractivity contribution in [2.45, 2.75) is 32.4 Å². The van der Waals surface area contributed by atoms with E-state index in [1.54, 1.807) is 12.1 Å². The van der Waals surface area contributed by atoms with Crippen LogP contribution in [0.25, 0.3) is 0 Å². The highest BCUT2D eigenvalue weighted by molar-refractivity contribution is 5.78. The summed E-state index contributed by atoms with van der Waals surface area (Å²) in [6.45, 7) is -1.11. The van der Waals surface area contributed by atoms with Crippen molar-refractivity contribution in [2.75, 3.05) is 6.61 Å². The fraction of sp³-hybridized carbons (Fsp3) is 0.462. The van der Waals surface area contributed by atoms with E-state index < -0.39 is 6.61 Å². The number of carbonyl (C=O) groups excluding carboxylic acids is 1.